The Morgan fingerprint density at radius 2 is 1.72 bits per heavy atom. The number of hydrogen-bond acceptors (Lipinski definition) is 3. The summed E-state index contributed by atoms with van der Waals surface area (Å²) < 4.78 is 1.69. The van der Waals surface area contributed by atoms with Crippen molar-refractivity contribution in [1.82, 2.24) is 14.8 Å². The van der Waals surface area contributed by atoms with Gasteiger partial charge in [0.15, 0.2) is 5.82 Å². The highest BCUT2D eigenvalue weighted by Crippen LogP contribution is 2.20. The molecule has 0 saturated heterocycles. The number of benzene rings is 1. The van der Waals surface area contributed by atoms with Crippen LogP contribution in [0, 0.1) is 27.7 Å². The summed E-state index contributed by atoms with van der Waals surface area (Å²) in [6.07, 6.45) is 0. The third-order valence-electron chi connectivity index (χ3n) is 3.75. The van der Waals surface area contributed by atoms with Crippen LogP contribution in [0.15, 0.2) is 36.4 Å². The molecule has 25 heavy (non-hydrogen) atoms. The maximum atomic E-state index is 12.6. The topological polar surface area (TPSA) is 59.8 Å². The first-order valence-corrected chi connectivity index (χ1v) is 8.31. The largest absolute Gasteiger partial charge is 0.321 e. The quantitative estimate of drug-likeness (QED) is 0.758. The first kappa shape index (κ1) is 17.2. The molecule has 0 aliphatic rings. The van der Waals surface area contributed by atoms with Crippen molar-refractivity contribution in [3.05, 3.63) is 69.6 Å². The van der Waals surface area contributed by atoms with Crippen molar-refractivity contribution in [1.29, 1.82) is 0 Å². The van der Waals surface area contributed by atoms with Crippen molar-refractivity contribution in [2.24, 2.45) is 0 Å². The monoisotopic (exact) mass is 354 g/mol. The molecule has 1 amide bonds. The van der Waals surface area contributed by atoms with Crippen LogP contribution in [0.1, 0.15) is 33.0 Å². The molecule has 2 heterocycles. The van der Waals surface area contributed by atoms with Crippen molar-refractivity contribution < 1.29 is 4.79 Å². The Balaban J connectivity index is 1.94. The van der Waals surface area contributed by atoms with Crippen LogP contribution in [0.25, 0.3) is 5.82 Å². The molecular weight excluding hydrogens is 336 g/mol. The lowest BCUT2D eigenvalue weighted by Crippen LogP contribution is -2.16. The molecule has 5 nitrogen and oxygen atoms in total. The van der Waals surface area contributed by atoms with Gasteiger partial charge < -0.3 is 5.32 Å². The third kappa shape index (κ3) is 3.72. The number of nitrogens with one attached hydrogen (secondary N) is 1. The van der Waals surface area contributed by atoms with Gasteiger partial charge in [-0.15, -0.1) is 0 Å². The molecule has 128 valence electrons. The predicted octanol–water partition coefficient (Wildman–Crippen LogP) is 4.41. The Hall–Kier alpha value is -2.66. The zero-order valence-corrected chi connectivity index (χ0v) is 15.3. The second kappa shape index (κ2) is 6.69. The normalized spacial score (nSPS) is 10.8. The van der Waals surface area contributed by atoms with E-state index < -0.39 is 0 Å². The number of amides is 1. The number of carbonyl (C=O) groups is 1. The summed E-state index contributed by atoms with van der Waals surface area (Å²) in [5, 5.41) is 7.56. The first-order chi connectivity index (χ1) is 11.8. The van der Waals surface area contributed by atoms with Crippen LogP contribution in [0.3, 0.4) is 0 Å². The van der Waals surface area contributed by atoms with Gasteiger partial charge in [-0.05, 0) is 69.2 Å². The van der Waals surface area contributed by atoms with Crippen LogP contribution < -0.4 is 5.32 Å². The number of aryl methyl sites for hydroxylation is 4. The Kier molecular flexibility index (Phi) is 4.59. The van der Waals surface area contributed by atoms with Gasteiger partial charge in [-0.25, -0.2) is 9.67 Å². The molecule has 0 aliphatic heterocycles. The van der Waals surface area contributed by atoms with Crippen molar-refractivity contribution in [2.45, 2.75) is 27.7 Å². The Morgan fingerprint density at radius 1 is 1.04 bits per heavy atom. The minimum absolute atomic E-state index is 0.172. The van der Waals surface area contributed by atoms with Crippen LogP contribution in [0.5, 0.6) is 0 Å². The number of aromatic nitrogens is 3. The van der Waals surface area contributed by atoms with Gasteiger partial charge >= 0.3 is 0 Å². The fourth-order valence-corrected chi connectivity index (χ4v) is 3.00. The van der Waals surface area contributed by atoms with Gasteiger partial charge in [0.25, 0.3) is 5.91 Å². The maximum absolute atomic E-state index is 12.6. The van der Waals surface area contributed by atoms with E-state index >= 15 is 0 Å². The maximum Gasteiger partial charge on any atom is 0.275 e. The van der Waals surface area contributed by atoms with E-state index in [2.05, 4.69) is 15.4 Å². The minimum atomic E-state index is -0.349. The predicted molar refractivity (Wildman–Crippen MR) is 99.7 cm³/mol. The molecule has 6 heteroatoms. The fourth-order valence-electron chi connectivity index (χ4n) is 2.81. The molecule has 1 N–H and O–H groups in total. The second-order valence-electron chi connectivity index (χ2n) is 6.17. The number of hydrogen-bond donors (Lipinski definition) is 1. The van der Waals surface area contributed by atoms with Gasteiger partial charge in [0.05, 0.1) is 10.7 Å². The molecule has 0 unspecified atom stereocenters. The SMILES string of the molecule is Cc1cc(C)cc(NC(=O)c2nc(-n3nc(C)cc3C)ccc2Cl)c1. The van der Waals surface area contributed by atoms with Crippen LogP contribution in [0.2, 0.25) is 5.02 Å². The smallest absolute Gasteiger partial charge is 0.275 e. The number of nitrogens with zero attached hydrogens (tertiary/aromatic N) is 3. The molecule has 0 atom stereocenters. The van der Waals surface area contributed by atoms with Crippen molar-refractivity contribution in [3.63, 3.8) is 0 Å². The Bertz CT molecular complexity index is 942. The van der Waals surface area contributed by atoms with Crippen molar-refractivity contribution in [3.8, 4) is 5.82 Å². The zero-order chi connectivity index (χ0) is 18.1. The number of anilines is 1. The van der Waals surface area contributed by atoms with E-state index in [1.54, 1.807) is 16.8 Å². The number of halogens is 1. The minimum Gasteiger partial charge on any atom is -0.321 e. The standard InChI is InChI=1S/C19H19ClN4O/c1-11-7-12(2)9-15(8-11)21-19(25)18-16(20)5-6-17(22-18)24-14(4)10-13(3)23-24/h5-10H,1-4H3,(H,21,25). The van der Waals surface area contributed by atoms with E-state index in [-0.39, 0.29) is 11.6 Å². The molecule has 0 spiro atoms. The molecular formula is C19H19ClN4O. The van der Waals surface area contributed by atoms with Gasteiger partial charge in [-0.2, -0.15) is 5.10 Å². The highest BCUT2D eigenvalue weighted by atomic mass is 35.5. The molecule has 0 fully saturated rings. The summed E-state index contributed by atoms with van der Waals surface area (Å²) >= 11 is 6.20. The summed E-state index contributed by atoms with van der Waals surface area (Å²) in [5.74, 6) is 0.207. The summed E-state index contributed by atoms with van der Waals surface area (Å²) in [6, 6.07) is 11.2. The van der Waals surface area contributed by atoms with Gasteiger partial charge in [0, 0.05) is 11.4 Å². The summed E-state index contributed by atoms with van der Waals surface area (Å²) in [6.45, 7) is 7.81. The van der Waals surface area contributed by atoms with Gasteiger partial charge in [-0.1, -0.05) is 17.7 Å². The van der Waals surface area contributed by atoms with Crippen LogP contribution in [0.4, 0.5) is 5.69 Å². The molecule has 3 rings (SSSR count). The molecule has 0 aliphatic carbocycles. The van der Waals surface area contributed by atoms with E-state index in [9.17, 15) is 4.79 Å². The Labute approximate surface area is 151 Å². The summed E-state index contributed by atoms with van der Waals surface area (Å²) in [5.41, 5.74) is 4.86. The zero-order valence-electron chi connectivity index (χ0n) is 14.6. The van der Waals surface area contributed by atoms with E-state index in [0.717, 1.165) is 28.2 Å². The van der Waals surface area contributed by atoms with Crippen LogP contribution >= 0.6 is 11.6 Å². The molecule has 2 aromatic heterocycles. The highest BCUT2D eigenvalue weighted by molar-refractivity contribution is 6.34. The fraction of sp³-hybridized carbons (Fsp3) is 0.211. The van der Waals surface area contributed by atoms with Gasteiger partial charge in [-0.3, -0.25) is 4.79 Å². The van der Waals surface area contributed by atoms with E-state index in [1.165, 1.54) is 0 Å². The summed E-state index contributed by atoms with van der Waals surface area (Å²) in [7, 11) is 0. The van der Waals surface area contributed by atoms with Gasteiger partial charge in [0.2, 0.25) is 0 Å². The number of rotatable bonds is 3. The average Bonchev–Trinajstić information content (AvgIpc) is 2.85. The second-order valence-corrected chi connectivity index (χ2v) is 6.58. The van der Waals surface area contributed by atoms with Crippen molar-refractivity contribution in [2.75, 3.05) is 5.32 Å². The molecule has 0 radical (unpaired) electrons. The van der Waals surface area contributed by atoms with Crippen LogP contribution in [-0.4, -0.2) is 20.7 Å². The average molecular weight is 355 g/mol. The van der Waals surface area contributed by atoms with E-state index in [1.807, 2.05) is 52.0 Å². The molecule has 0 saturated carbocycles. The first-order valence-electron chi connectivity index (χ1n) is 7.93. The highest BCUT2D eigenvalue weighted by Gasteiger charge is 2.16. The van der Waals surface area contributed by atoms with Crippen LogP contribution in [-0.2, 0) is 0 Å². The lowest BCUT2D eigenvalue weighted by Gasteiger charge is -2.10. The Morgan fingerprint density at radius 3 is 2.32 bits per heavy atom. The lowest BCUT2D eigenvalue weighted by molar-refractivity contribution is 0.102. The number of carbonyl (C=O) groups excluding carboxylic acids is 1. The third-order valence-corrected chi connectivity index (χ3v) is 4.06. The molecule has 3 aromatic rings. The number of pyridine rings is 1. The molecule has 0 bridgehead atoms. The molecule has 1 aromatic carbocycles. The summed E-state index contributed by atoms with van der Waals surface area (Å²) in [4.78, 5) is 17.1. The van der Waals surface area contributed by atoms with E-state index in [0.29, 0.717) is 10.8 Å². The van der Waals surface area contributed by atoms with E-state index in [4.69, 9.17) is 11.6 Å². The lowest BCUT2D eigenvalue weighted by atomic mass is 10.1. The van der Waals surface area contributed by atoms with Crippen molar-refractivity contribution >= 4 is 23.2 Å². The van der Waals surface area contributed by atoms with Gasteiger partial charge in [0.1, 0.15) is 5.69 Å².